The van der Waals surface area contributed by atoms with Crippen LogP contribution in [0.2, 0.25) is 0 Å². The number of aromatic nitrogens is 3. The van der Waals surface area contributed by atoms with Gasteiger partial charge in [0.1, 0.15) is 0 Å². The minimum Gasteiger partial charge on any atom is -0.365 e. The highest BCUT2D eigenvalue weighted by atomic mass is 15.2. The van der Waals surface area contributed by atoms with Gasteiger partial charge in [-0.1, -0.05) is 42.5 Å². The third kappa shape index (κ3) is 2.94. The predicted molar refractivity (Wildman–Crippen MR) is 87.3 cm³/mol. The van der Waals surface area contributed by atoms with Crippen LogP contribution >= 0.6 is 0 Å². The van der Waals surface area contributed by atoms with E-state index in [1.54, 1.807) is 0 Å². The van der Waals surface area contributed by atoms with Crippen molar-refractivity contribution < 1.29 is 0 Å². The summed E-state index contributed by atoms with van der Waals surface area (Å²) in [5, 5.41) is 11.7. The second kappa shape index (κ2) is 5.79. The third-order valence-corrected chi connectivity index (χ3v) is 3.35. The quantitative estimate of drug-likeness (QED) is 0.765. The zero-order valence-corrected chi connectivity index (χ0v) is 12.2. The van der Waals surface area contributed by atoms with E-state index in [4.69, 9.17) is 0 Å². The lowest BCUT2D eigenvalue weighted by molar-refractivity contribution is 1.08. The monoisotopic (exact) mass is 278 g/mol. The summed E-state index contributed by atoms with van der Waals surface area (Å²) < 4.78 is 0. The summed E-state index contributed by atoms with van der Waals surface area (Å²) >= 11 is 0. The molecule has 0 spiro atoms. The number of hydrogen-bond acceptors (Lipinski definition) is 3. The maximum absolute atomic E-state index is 4.46. The summed E-state index contributed by atoms with van der Waals surface area (Å²) in [7, 11) is 0. The molecule has 0 saturated carbocycles. The number of fused-ring (bicyclic) bond motifs is 1. The van der Waals surface area contributed by atoms with E-state index in [-0.39, 0.29) is 0 Å². The number of anilines is 1. The van der Waals surface area contributed by atoms with E-state index in [1.165, 1.54) is 11.1 Å². The summed E-state index contributed by atoms with van der Waals surface area (Å²) in [6, 6.07) is 12.3. The molecule has 4 nitrogen and oxygen atoms in total. The van der Waals surface area contributed by atoms with Crippen LogP contribution in [-0.2, 0) is 0 Å². The molecule has 0 radical (unpaired) electrons. The second-order valence-electron chi connectivity index (χ2n) is 5.07. The average molecular weight is 278 g/mol. The zero-order chi connectivity index (χ0) is 14.7. The van der Waals surface area contributed by atoms with Crippen molar-refractivity contribution in [2.45, 2.75) is 13.8 Å². The summed E-state index contributed by atoms with van der Waals surface area (Å²) in [6.45, 7) is 4.79. The van der Waals surface area contributed by atoms with Crippen LogP contribution in [0.25, 0.3) is 17.1 Å². The molecule has 2 aromatic heterocycles. The van der Waals surface area contributed by atoms with Crippen LogP contribution in [0.3, 0.4) is 0 Å². The van der Waals surface area contributed by atoms with Crippen molar-refractivity contribution in [3.63, 3.8) is 0 Å². The van der Waals surface area contributed by atoms with E-state index in [0.29, 0.717) is 0 Å². The molecule has 0 atom stereocenters. The van der Waals surface area contributed by atoms with Crippen LogP contribution in [0.1, 0.15) is 16.8 Å². The Bertz CT molecular complexity index is 772. The summed E-state index contributed by atoms with van der Waals surface area (Å²) in [4.78, 5) is 4.46. The van der Waals surface area contributed by atoms with Gasteiger partial charge >= 0.3 is 0 Å². The van der Waals surface area contributed by atoms with Gasteiger partial charge in [0.2, 0.25) is 0 Å². The Balaban J connectivity index is 1.73. The van der Waals surface area contributed by atoms with Gasteiger partial charge < -0.3 is 5.32 Å². The first kappa shape index (κ1) is 13.4. The molecule has 2 heterocycles. The maximum atomic E-state index is 4.46. The lowest BCUT2D eigenvalue weighted by atomic mass is 10.2. The fourth-order valence-electron chi connectivity index (χ4n) is 2.42. The van der Waals surface area contributed by atoms with E-state index >= 15 is 0 Å². The molecule has 21 heavy (non-hydrogen) atoms. The molecular formula is C17H18N4. The van der Waals surface area contributed by atoms with Gasteiger partial charge in [0.05, 0.1) is 5.39 Å². The average Bonchev–Trinajstić information content (AvgIpc) is 2.88. The van der Waals surface area contributed by atoms with Gasteiger partial charge in [-0.2, -0.15) is 5.10 Å². The number of nitrogens with one attached hydrogen (secondary N) is 2. The van der Waals surface area contributed by atoms with Crippen LogP contribution in [0.5, 0.6) is 0 Å². The normalized spacial score (nSPS) is 11.3. The predicted octanol–water partition coefficient (Wildman–Crippen LogP) is 3.70. The van der Waals surface area contributed by atoms with Gasteiger partial charge in [0.15, 0.2) is 11.5 Å². The van der Waals surface area contributed by atoms with Gasteiger partial charge in [-0.3, -0.25) is 5.10 Å². The van der Waals surface area contributed by atoms with Gasteiger partial charge in [0, 0.05) is 12.2 Å². The Hall–Kier alpha value is -2.62. The number of aromatic amines is 1. The number of aryl methyl sites for hydroxylation is 2. The molecule has 0 fully saturated rings. The van der Waals surface area contributed by atoms with Crippen LogP contribution in [0, 0.1) is 13.8 Å². The Morgan fingerprint density at radius 3 is 2.81 bits per heavy atom. The van der Waals surface area contributed by atoms with E-state index in [2.05, 4.69) is 57.8 Å². The highest BCUT2D eigenvalue weighted by molar-refractivity contribution is 5.90. The molecule has 0 bridgehead atoms. The molecular weight excluding hydrogens is 260 g/mol. The summed E-state index contributed by atoms with van der Waals surface area (Å²) in [5.41, 5.74) is 4.21. The summed E-state index contributed by atoms with van der Waals surface area (Å²) in [5.74, 6) is 0.854. The molecule has 0 aliphatic rings. The Morgan fingerprint density at radius 1 is 1.19 bits per heavy atom. The van der Waals surface area contributed by atoms with Crippen molar-refractivity contribution >= 4 is 22.9 Å². The zero-order valence-electron chi connectivity index (χ0n) is 12.2. The maximum Gasteiger partial charge on any atom is 0.157 e. The second-order valence-corrected chi connectivity index (χ2v) is 5.07. The third-order valence-electron chi connectivity index (χ3n) is 3.35. The first-order valence-electron chi connectivity index (χ1n) is 7.02. The molecule has 2 N–H and O–H groups in total. The molecule has 3 rings (SSSR count). The molecule has 3 aromatic rings. The molecule has 106 valence electrons. The highest BCUT2D eigenvalue weighted by Gasteiger charge is 2.09. The molecule has 1 aromatic carbocycles. The molecule has 0 aliphatic heterocycles. The molecule has 0 amide bonds. The first-order chi connectivity index (χ1) is 10.2. The van der Waals surface area contributed by atoms with Gasteiger partial charge in [-0.25, -0.2) is 4.98 Å². The van der Waals surface area contributed by atoms with Gasteiger partial charge in [-0.05, 0) is 31.0 Å². The Kier molecular flexibility index (Phi) is 3.69. The number of nitrogens with zero attached hydrogens (tertiary/aromatic N) is 2. The van der Waals surface area contributed by atoms with Crippen molar-refractivity contribution in [3.8, 4) is 0 Å². The number of H-pyrrole nitrogens is 1. The van der Waals surface area contributed by atoms with E-state index in [0.717, 1.165) is 29.1 Å². The lowest BCUT2D eigenvalue weighted by Crippen LogP contribution is -1.99. The van der Waals surface area contributed by atoms with Crippen molar-refractivity contribution in [2.75, 3.05) is 11.9 Å². The van der Waals surface area contributed by atoms with Crippen molar-refractivity contribution in [1.29, 1.82) is 0 Å². The van der Waals surface area contributed by atoms with Gasteiger partial charge in [-0.15, -0.1) is 0 Å². The van der Waals surface area contributed by atoms with Gasteiger partial charge in [0.25, 0.3) is 0 Å². The standard InChI is InChI=1S/C17H18N4/c1-12-11-13(2)19-17-15(12)16(20-21-17)18-10-6-9-14-7-4-3-5-8-14/h3-9,11H,10H2,1-2H3,(H2,18,19,20,21). The van der Waals surface area contributed by atoms with E-state index in [9.17, 15) is 0 Å². The molecule has 0 aliphatic carbocycles. The fraction of sp³-hybridized carbons (Fsp3) is 0.176. The highest BCUT2D eigenvalue weighted by Crippen LogP contribution is 2.23. The lowest BCUT2D eigenvalue weighted by Gasteiger charge is -2.02. The van der Waals surface area contributed by atoms with E-state index in [1.807, 2.05) is 25.1 Å². The van der Waals surface area contributed by atoms with Crippen LogP contribution in [-0.4, -0.2) is 21.7 Å². The van der Waals surface area contributed by atoms with Crippen molar-refractivity contribution in [2.24, 2.45) is 0 Å². The Morgan fingerprint density at radius 2 is 2.00 bits per heavy atom. The fourth-order valence-corrected chi connectivity index (χ4v) is 2.42. The van der Waals surface area contributed by atoms with Crippen LogP contribution in [0.4, 0.5) is 5.82 Å². The van der Waals surface area contributed by atoms with Crippen molar-refractivity contribution in [1.82, 2.24) is 15.2 Å². The van der Waals surface area contributed by atoms with Crippen molar-refractivity contribution in [3.05, 3.63) is 59.3 Å². The topological polar surface area (TPSA) is 53.6 Å². The van der Waals surface area contributed by atoms with Crippen LogP contribution in [0.15, 0.2) is 42.5 Å². The largest absolute Gasteiger partial charge is 0.365 e. The summed E-state index contributed by atoms with van der Waals surface area (Å²) in [6.07, 6.45) is 4.18. The van der Waals surface area contributed by atoms with E-state index < -0.39 is 0 Å². The minimum absolute atomic E-state index is 0.724. The number of benzene rings is 1. The number of hydrogen-bond donors (Lipinski definition) is 2. The molecule has 0 saturated heterocycles. The smallest absolute Gasteiger partial charge is 0.157 e. The number of rotatable bonds is 4. The molecule has 4 heteroatoms. The molecule has 0 unspecified atom stereocenters. The first-order valence-corrected chi connectivity index (χ1v) is 7.02. The van der Waals surface area contributed by atoms with Crippen LogP contribution < -0.4 is 5.32 Å². The Labute approximate surface area is 123 Å². The SMILES string of the molecule is Cc1cc(C)c2c(NCC=Cc3ccccc3)n[nH]c2n1. The minimum atomic E-state index is 0.724. The number of pyridine rings is 1.